The Balaban J connectivity index is 1.38. The number of carbonyl (C=O) groups excluding carboxylic acids is 1. The van der Waals surface area contributed by atoms with Crippen LogP contribution in [0.3, 0.4) is 0 Å². The number of aromatic nitrogens is 2. The van der Waals surface area contributed by atoms with E-state index in [2.05, 4.69) is 20.8 Å². The molecule has 0 saturated carbocycles. The van der Waals surface area contributed by atoms with Gasteiger partial charge in [-0.1, -0.05) is 0 Å². The lowest BCUT2D eigenvalue weighted by molar-refractivity contribution is 0.0904. The third-order valence-corrected chi connectivity index (χ3v) is 9.33. The zero-order valence-corrected chi connectivity index (χ0v) is 24.3. The number of halogens is 2. The first-order valence-corrected chi connectivity index (χ1v) is 15.1. The lowest BCUT2D eigenvalue weighted by Gasteiger charge is -2.27. The second kappa shape index (κ2) is 12.7. The van der Waals surface area contributed by atoms with Crippen molar-refractivity contribution in [3.05, 3.63) is 64.9 Å². The number of likely N-dealkylation sites (N-methyl/N-ethyl adjacent to an activating group) is 1. The molecule has 3 aromatic rings. The molecule has 0 radical (unpaired) electrons. The number of nitrogens with one attached hydrogen (secondary N) is 3. The highest BCUT2D eigenvalue weighted by Crippen LogP contribution is 2.31. The lowest BCUT2D eigenvalue weighted by atomic mass is 10.1. The largest absolute Gasteiger partial charge is 0.383 e. The summed E-state index contributed by atoms with van der Waals surface area (Å²) in [5.74, 6) is -2.19. The van der Waals surface area contributed by atoms with Gasteiger partial charge < -0.3 is 25.0 Å². The summed E-state index contributed by atoms with van der Waals surface area (Å²) in [6.07, 6.45) is 1.89. The van der Waals surface area contributed by atoms with Crippen molar-refractivity contribution >= 4 is 33.1 Å². The van der Waals surface area contributed by atoms with Crippen LogP contribution in [0, 0.1) is 11.6 Å². The van der Waals surface area contributed by atoms with Crippen molar-refractivity contribution < 1.29 is 31.5 Å². The van der Waals surface area contributed by atoms with Crippen molar-refractivity contribution in [2.45, 2.75) is 36.7 Å². The zero-order valence-electron chi connectivity index (χ0n) is 23.5. The number of hydrogen-bond donors (Lipinski definition) is 3. The quantitative estimate of drug-likeness (QED) is 0.322. The highest BCUT2D eigenvalue weighted by atomic mass is 32.2. The second-order valence-corrected chi connectivity index (χ2v) is 12.3. The highest BCUT2D eigenvalue weighted by Gasteiger charge is 2.32. The number of sulfonamides is 1. The van der Waals surface area contributed by atoms with Gasteiger partial charge in [-0.2, -0.15) is 9.40 Å². The van der Waals surface area contributed by atoms with Gasteiger partial charge >= 0.3 is 0 Å². The standard InChI is InChI=1S/C28H34F2N6O5S/c1-35(9-12-40-2)21-3-4-23(26(16-21)31-20-6-10-41-11-7-20)28(37)32-27-24-17-36(8-5-25(24)33-34-27)42(38,39)22-14-18(29)13-19(30)15-22/h3-4,13-16,20,31H,5-12,17H2,1-2H3,(H2,32,33,34,37). The normalized spacial score (nSPS) is 16.2. The van der Waals surface area contributed by atoms with Gasteiger partial charge in [0.05, 0.1) is 17.1 Å². The topological polar surface area (TPSA) is 129 Å². The number of benzene rings is 2. The molecule has 11 nitrogen and oxygen atoms in total. The Kier molecular flexibility index (Phi) is 9.06. The third-order valence-electron chi connectivity index (χ3n) is 7.50. The van der Waals surface area contributed by atoms with E-state index in [0.717, 1.165) is 35.0 Å². The number of fused-ring (bicyclic) bond motifs is 1. The van der Waals surface area contributed by atoms with Crippen LogP contribution in [-0.2, 0) is 32.5 Å². The molecule has 1 saturated heterocycles. The van der Waals surface area contributed by atoms with Crippen molar-refractivity contribution in [2.24, 2.45) is 0 Å². The highest BCUT2D eigenvalue weighted by molar-refractivity contribution is 7.89. The predicted octanol–water partition coefficient (Wildman–Crippen LogP) is 3.36. The van der Waals surface area contributed by atoms with Crippen LogP contribution < -0.4 is 15.5 Å². The number of hydrogen-bond acceptors (Lipinski definition) is 8. The van der Waals surface area contributed by atoms with E-state index in [1.54, 1.807) is 13.2 Å². The maximum absolute atomic E-state index is 13.8. The zero-order chi connectivity index (χ0) is 29.9. The van der Waals surface area contributed by atoms with Gasteiger partial charge in [-0.15, -0.1) is 0 Å². The fraction of sp³-hybridized carbons (Fsp3) is 0.429. The minimum atomic E-state index is -4.20. The van der Waals surface area contributed by atoms with Gasteiger partial charge in [0.2, 0.25) is 10.0 Å². The summed E-state index contributed by atoms with van der Waals surface area (Å²) >= 11 is 0. The smallest absolute Gasteiger partial charge is 0.258 e. The van der Waals surface area contributed by atoms with E-state index in [0.29, 0.717) is 54.9 Å². The second-order valence-electron chi connectivity index (χ2n) is 10.4. The molecule has 5 rings (SSSR count). The van der Waals surface area contributed by atoms with Gasteiger partial charge in [0.25, 0.3) is 5.91 Å². The maximum atomic E-state index is 13.8. The summed E-state index contributed by atoms with van der Waals surface area (Å²) < 4.78 is 65.8. The Morgan fingerprint density at radius 3 is 2.64 bits per heavy atom. The van der Waals surface area contributed by atoms with Gasteiger partial charge in [0.1, 0.15) is 11.6 Å². The Labute approximate surface area is 243 Å². The van der Waals surface area contributed by atoms with Crippen LogP contribution >= 0.6 is 0 Å². The molecule has 14 heteroatoms. The Morgan fingerprint density at radius 2 is 1.93 bits per heavy atom. The number of nitrogens with zero attached hydrogens (tertiary/aromatic N) is 3. The van der Waals surface area contributed by atoms with Crippen LogP contribution in [-0.4, -0.2) is 81.9 Å². The van der Waals surface area contributed by atoms with Crippen LogP contribution in [0.5, 0.6) is 0 Å². The number of aromatic amines is 1. The van der Waals surface area contributed by atoms with Crippen LogP contribution in [0.4, 0.5) is 26.0 Å². The summed E-state index contributed by atoms with van der Waals surface area (Å²) in [4.78, 5) is 15.2. The molecular formula is C28H34F2N6O5S. The van der Waals surface area contributed by atoms with Crippen LogP contribution in [0.15, 0.2) is 41.3 Å². The molecule has 0 atom stereocenters. The van der Waals surface area contributed by atoms with Gasteiger partial charge in [-0.25, -0.2) is 17.2 Å². The molecular weight excluding hydrogens is 570 g/mol. The Hall–Kier alpha value is -3.59. The van der Waals surface area contributed by atoms with E-state index in [-0.39, 0.29) is 31.4 Å². The van der Waals surface area contributed by atoms with Gasteiger partial charge in [-0.3, -0.25) is 9.89 Å². The number of H-pyrrole nitrogens is 1. The number of anilines is 3. The van der Waals surface area contributed by atoms with E-state index in [1.165, 1.54) is 0 Å². The van der Waals surface area contributed by atoms with E-state index in [9.17, 15) is 22.0 Å². The molecule has 226 valence electrons. The molecule has 1 amide bonds. The van der Waals surface area contributed by atoms with Gasteiger partial charge in [0, 0.05) is 88.2 Å². The predicted molar refractivity (Wildman–Crippen MR) is 153 cm³/mol. The summed E-state index contributed by atoms with van der Waals surface area (Å²) in [7, 11) is -0.616. The fourth-order valence-corrected chi connectivity index (χ4v) is 6.54. The summed E-state index contributed by atoms with van der Waals surface area (Å²) in [5.41, 5.74) is 3.13. The average Bonchev–Trinajstić information content (AvgIpc) is 3.37. The molecule has 0 aliphatic carbocycles. The SMILES string of the molecule is COCCN(C)c1ccc(C(=O)Nc2n[nH]c3c2CN(S(=O)(=O)c2cc(F)cc(F)c2)CC3)c(NC2CCOCC2)c1. The van der Waals surface area contributed by atoms with Gasteiger partial charge in [-0.05, 0) is 43.2 Å². The summed E-state index contributed by atoms with van der Waals surface area (Å²) in [5, 5.41) is 13.5. The molecule has 1 aromatic heterocycles. The summed E-state index contributed by atoms with van der Waals surface area (Å²) in [6, 6.07) is 7.84. The number of carbonyl (C=O) groups is 1. The van der Waals surface area contributed by atoms with Crippen LogP contribution in [0.2, 0.25) is 0 Å². The fourth-order valence-electron chi connectivity index (χ4n) is 5.09. The first kappa shape index (κ1) is 29.9. The first-order valence-electron chi connectivity index (χ1n) is 13.7. The Bertz CT molecular complexity index is 1520. The minimum Gasteiger partial charge on any atom is -0.383 e. The minimum absolute atomic E-state index is 0.0836. The number of methoxy groups -OCH3 is 1. The van der Waals surface area contributed by atoms with Crippen molar-refractivity contribution in [3.63, 3.8) is 0 Å². The molecule has 2 aliphatic rings. The lowest BCUT2D eigenvalue weighted by Crippen LogP contribution is -2.36. The van der Waals surface area contributed by atoms with Crippen molar-refractivity contribution in [1.82, 2.24) is 14.5 Å². The molecule has 3 N–H and O–H groups in total. The van der Waals surface area contributed by atoms with E-state index < -0.39 is 32.5 Å². The van der Waals surface area contributed by atoms with Crippen molar-refractivity contribution in [3.8, 4) is 0 Å². The Morgan fingerprint density at radius 1 is 1.19 bits per heavy atom. The van der Waals surface area contributed by atoms with E-state index in [1.807, 2.05) is 24.1 Å². The van der Waals surface area contributed by atoms with Gasteiger partial charge in [0.15, 0.2) is 5.82 Å². The number of ether oxygens (including phenoxy) is 2. The number of rotatable bonds is 10. The monoisotopic (exact) mass is 604 g/mol. The molecule has 0 spiro atoms. The molecule has 3 heterocycles. The van der Waals surface area contributed by atoms with E-state index in [4.69, 9.17) is 9.47 Å². The molecule has 0 unspecified atom stereocenters. The summed E-state index contributed by atoms with van der Waals surface area (Å²) in [6.45, 7) is 2.44. The average molecular weight is 605 g/mol. The molecule has 2 aliphatic heterocycles. The van der Waals surface area contributed by atoms with E-state index >= 15 is 0 Å². The molecule has 2 aromatic carbocycles. The van der Waals surface area contributed by atoms with Crippen LogP contribution in [0.25, 0.3) is 0 Å². The maximum Gasteiger partial charge on any atom is 0.258 e. The molecule has 42 heavy (non-hydrogen) atoms. The van der Waals surface area contributed by atoms with Crippen molar-refractivity contribution in [1.29, 1.82) is 0 Å². The first-order chi connectivity index (χ1) is 20.2. The molecule has 0 bridgehead atoms. The van der Waals surface area contributed by atoms with Crippen molar-refractivity contribution in [2.75, 3.05) is 62.6 Å². The van der Waals surface area contributed by atoms with Crippen LogP contribution in [0.1, 0.15) is 34.5 Å². The number of amides is 1. The molecule has 1 fully saturated rings. The third kappa shape index (κ3) is 6.56.